The molecule has 0 amide bonds. The maximum absolute atomic E-state index is 13.8. The SMILES string of the molecule is CCCNC(Cc1ccc(OC)c(F)c1)c1ccc(C)o1. The van der Waals surface area contributed by atoms with Crippen molar-refractivity contribution in [2.45, 2.75) is 32.7 Å². The monoisotopic (exact) mass is 291 g/mol. The van der Waals surface area contributed by atoms with Crippen LogP contribution in [0.1, 0.15) is 36.5 Å². The van der Waals surface area contributed by atoms with Crippen molar-refractivity contribution in [3.8, 4) is 5.75 Å². The highest BCUT2D eigenvalue weighted by atomic mass is 19.1. The van der Waals surface area contributed by atoms with Crippen LogP contribution in [-0.2, 0) is 6.42 Å². The van der Waals surface area contributed by atoms with E-state index in [2.05, 4.69) is 12.2 Å². The van der Waals surface area contributed by atoms with Gasteiger partial charge in [0.2, 0.25) is 0 Å². The molecule has 1 N–H and O–H groups in total. The number of hydrogen-bond acceptors (Lipinski definition) is 3. The van der Waals surface area contributed by atoms with Crippen molar-refractivity contribution in [2.75, 3.05) is 13.7 Å². The predicted octanol–water partition coefficient (Wildman–Crippen LogP) is 4.02. The lowest BCUT2D eigenvalue weighted by Gasteiger charge is -2.17. The summed E-state index contributed by atoms with van der Waals surface area (Å²) in [6, 6.07) is 9.04. The lowest BCUT2D eigenvalue weighted by atomic mass is 10.0. The Bertz CT molecular complexity index is 580. The van der Waals surface area contributed by atoms with E-state index in [1.165, 1.54) is 13.2 Å². The minimum Gasteiger partial charge on any atom is -0.494 e. The first-order chi connectivity index (χ1) is 10.1. The summed E-state index contributed by atoms with van der Waals surface area (Å²) in [4.78, 5) is 0. The molecule has 114 valence electrons. The van der Waals surface area contributed by atoms with Gasteiger partial charge in [-0.15, -0.1) is 0 Å². The fraction of sp³-hybridized carbons (Fsp3) is 0.412. The van der Waals surface area contributed by atoms with E-state index in [1.807, 2.05) is 25.1 Å². The quantitative estimate of drug-likeness (QED) is 0.836. The molecule has 0 aliphatic rings. The molecule has 0 fully saturated rings. The molecule has 1 aromatic heterocycles. The van der Waals surface area contributed by atoms with Crippen LogP contribution >= 0.6 is 0 Å². The second kappa shape index (κ2) is 7.27. The van der Waals surface area contributed by atoms with Crippen LogP contribution < -0.4 is 10.1 Å². The molecule has 1 unspecified atom stereocenters. The third-order valence-electron chi connectivity index (χ3n) is 3.40. The minimum atomic E-state index is -0.333. The second-order valence-corrected chi connectivity index (χ2v) is 5.13. The smallest absolute Gasteiger partial charge is 0.165 e. The summed E-state index contributed by atoms with van der Waals surface area (Å²) >= 11 is 0. The Labute approximate surface area is 125 Å². The fourth-order valence-electron chi connectivity index (χ4n) is 2.31. The Hall–Kier alpha value is -1.81. The first-order valence-electron chi connectivity index (χ1n) is 7.26. The normalized spacial score (nSPS) is 12.4. The molecule has 1 aromatic carbocycles. The summed E-state index contributed by atoms with van der Waals surface area (Å²) in [5.41, 5.74) is 0.913. The number of furan rings is 1. The van der Waals surface area contributed by atoms with Crippen LogP contribution in [0.15, 0.2) is 34.7 Å². The highest BCUT2D eigenvalue weighted by molar-refractivity contribution is 5.30. The van der Waals surface area contributed by atoms with E-state index in [1.54, 1.807) is 6.07 Å². The number of aryl methyl sites for hydroxylation is 1. The summed E-state index contributed by atoms with van der Waals surface area (Å²) in [5.74, 6) is 1.71. The van der Waals surface area contributed by atoms with Crippen LogP contribution in [0.4, 0.5) is 4.39 Å². The zero-order valence-corrected chi connectivity index (χ0v) is 12.8. The van der Waals surface area contributed by atoms with Gasteiger partial charge in [-0.3, -0.25) is 0 Å². The molecule has 0 aliphatic carbocycles. The van der Waals surface area contributed by atoms with E-state index in [4.69, 9.17) is 9.15 Å². The third kappa shape index (κ3) is 4.08. The van der Waals surface area contributed by atoms with Crippen molar-refractivity contribution < 1.29 is 13.5 Å². The maximum Gasteiger partial charge on any atom is 0.165 e. The summed E-state index contributed by atoms with van der Waals surface area (Å²) in [7, 11) is 1.47. The van der Waals surface area contributed by atoms with E-state index < -0.39 is 0 Å². The van der Waals surface area contributed by atoms with Crippen LogP contribution in [0.25, 0.3) is 0 Å². The van der Waals surface area contributed by atoms with Crippen LogP contribution in [0, 0.1) is 12.7 Å². The topological polar surface area (TPSA) is 34.4 Å². The second-order valence-electron chi connectivity index (χ2n) is 5.13. The lowest BCUT2D eigenvalue weighted by Crippen LogP contribution is -2.23. The minimum absolute atomic E-state index is 0.0476. The number of hydrogen-bond donors (Lipinski definition) is 1. The number of rotatable bonds is 7. The average molecular weight is 291 g/mol. The van der Waals surface area contributed by atoms with Crippen molar-refractivity contribution in [1.29, 1.82) is 0 Å². The van der Waals surface area contributed by atoms with Gasteiger partial charge in [0.1, 0.15) is 11.5 Å². The number of halogens is 1. The Morgan fingerprint density at radius 1 is 1.29 bits per heavy atom. The first kappa shape index (κ1) is 15.6. The van der Waals surface area contributed by atoms with E-state index in [0.29, 0.717) is 6.42 Å². The standard InChI is InChI=1S/C17H22FNO2/c1-4-9-19-15(17-7-5-12(2)21-17)11-13-6-8-16(20-3)14(18)10-13/h5-8,10,15,19H,4,9,11H2,1-3H3. The molecular formula is C17H22FNO2. The average Bonchev–Trinajstić information content (AvgIpc) is 2.90. The van der Waals surface area contributed by atoms with E-state index in [-0.39, 0.29) is 17.6 Å². The van der Waals surface area contributed by atoms with Gasteiger partial charge in [-0.2, -0.15) is 0 Å². The van der Waals surface area contributed by atoms with Gasteiger partial charge in [-0.25, -0.2) is 4.39 Å². The van der Waals surface area contributed by atoms with Crippen LogP contribution in [0.2, 0.25) is 0 Å². The van der Waals surface area contributed by atoms with E-state index in [9.17, 15) is 4.39 Å². The van der Waals surface area contributed by atoms with Crippen LogP contribution in [0.3, 0.4) is 0 Å². The van der Waals surface area contributed by atoms with Crippen molar-refractivity contribution >= 4 is 0 Å². The summed E-state index contributed by atoms with van der Waals surface area (Å²) in [6.07, 6.45) is 1.71. The molecule has 2 aromatic rings. The van der Waals surface area contributed by atoms with Crippen molar-refractivity contribution in [2.24, 2.45) is 0 Å². The number of methoxy groups -OCH3 is 1. The van der Waals surface area contributed by atoms with Crippen molar-refractivity contribution in [3.05, 3.63) is 53.2 Å². The van der Waals surface area contributed by atoms with Gasteiger partial charge in [-0.05, 0) is 56.1 Å². The van der Waals surface area contributed by atoms with Gasteiger partial charge in [0.05, 0.1) is 13.2 Å². The molecule has 0 saturated carbocycles. The molecule has 3 nitrogen and oxygen atoms in total. The zero-order chi connectivity index (χ0) is 15.2. The molecule has 1 atom stereocenters. The van der Waals surface area contributed by atoms with Gasteiger partial charge < -0.3 is 14.5 Å². The molecular weight excluding hydrogens is 269 g/mol. The Morgan fingerprint density at radius 3 is 2.67 bits per heavy atom. The molecule has 21 heavy (non-hydrogen) atoms. The van der Waals surface area contributed by atoms with Crippen molar-refractivity contribution in [1.82, 2.24) is 5.32 Å². The van der Waals surface area contributed by atoms with Crippen LogP contribution in [-0.4, -0.2) is 13.7 Å². The molecule has 4 heteroatoms. The molecule has 2 rings (SSSR count). The molecule has 0 aliphatic heterocycles. The molecule has 0 spiro atoms. The van der Waals surface area contributed by atoms with E-state index >= 15 is 0 Å². The third-order valence-corrected chi connectivity index (χ3v) is 3.40. The zero-order valence-electron chi connectivity index (χ0n) is 12.8. The highest BCUT2D eigenvalue weighted by Gasteiger charge is 2.16. The Kier molecular flexibility index (Phi) is 5.39. The molecule has 0 bridgehead atoms. The van der Waals surface area contributed by atoms with Gasteiger partial charge in [-0.1, -0.05) is 13.0 Å². The Balaban J connectivity index is 2.16. The van der Waals surface area contributed by atoms with Gasteiger partial charge >= 0.3 is 0 Å². The van der Waals surface area contributed by atoms with E-state index in [0.717, 1.165) is 30.0 Å². The largest absolute Gasteiger partial charge is 0.494 e. The summed E-state index contributed by atoms with van der Waals surface area (Å²) < 4.78 is 24.4. The summed E-state index contributed by atoms with van der Waals surface area (Å²) in [5, 5.41) is 3.45. The fourth-order valence-corrected chi connectivity index (χ4v) is 2.31. The predicted molar refractivity (Wildman–Crippen MR) is 81.1 cm³/mol. The first-order valence-corrected chi connectivity index (χ1v) is 7.26. The van der Waals surface area contributed by atoms with Crippen LogP contribution in [0.5, 0.6) is 5.75 Å². The number of nitrogens with one attached hydrogen (secondary N) is 1. The molecule has 0 radical (unpaired) electrons. The molecule has 0 saturated heterocycles. The molecule has 1 heterocycles. The van der Waals surface area contributed by atoms with Gasteiger partial charge in [0.15, 0.2) is 11.6 Å². The summed E-state index contributed by atoms with van der Waals surface area (Å²) in [6.45, 7) is 4.93. The maximum atomic E-state index is 13.8. The van der Waals surface area contributed by atoms with Gasteiger partial charge in [0.25, 0.3) is 0 Å². The van der Waals surface area contributed by atoms with Crippen molar-refractivity contribution in [3.63, 3.8) is 0 Å². The number of ether oxygens (including phenoxy) is 1. The lowest BCUT2D eigenvalue weighted by molar-refractivity contribution is 0.384. The van der Waals surface area contributed by atoms with Gasteiger partial charge in [0, 0.05) is 0 Å². The highest BCUT2D eigenvalue weighted by Crippen LogP contribution is 2.24. The Morgan fingerprint density at radius 2 is 2.10 bits per heavy atom. The number of benzene rings is 1.